The zero-order valence-corrected chi connectivity index (χ0v) is 14.4. The number of hydrogen-bond donors (Lipinski definition) is 1. The summed E-state index contributed by atoms with van der Waals surface area (Å²) in [5.74, 6) is -11.4. The Morgan fingerprint density at radius 1 is 1.00 bits per heavy atom. The van der Waals surface area contributed by atoms with Gasteiger partial charge in [0.1, 0.15) is 5.60 Å². The van der Waals surface area contributed by atoms with Crippen molar-refractivity contribution < 1.29 is 36.5 Å². The smallest absolute Gasteiger partial charge is 0.354 e. The molecule has 0 aromatic rings. The highest BCUT2D eigenvalue weighted by atomic mass is 19.4. The molecule has 4 aliphatic carbocycles. The lowest BCUT2D eigenvalue weighted by Gasteiger charge is -2.59. The molecule has 1 heterocycles. The van der Waals surface area contributed by atoms with E-state index in [1.165, 1.54) is 0 Å². The summed E-state index contributed by atoms with van der Waals surface area (Å²) in [6.07, 6.45) is -0.373. The van der Waals surface area contributed by atoms with Gasteiger partial charge in [0.15, 0.2) is 5.79 Å². The van der Waals surface area contributed by atoms with E-state index in [1.807, 2.05) is 6.08 Å². The molecule has 0 radical (unpaired) electrons. The second-order valence-corrected chi connectivity index (χ2v) is 9.12. The van der Waals surface area contributed by atoms with Crippen molar-refractivity contribution in [3.8, 4) is 0 Å². The predicted octanol–water partition coefficient (Wildman–Crippen LogP) is 3.87. The summed E-state index contributed by atoms with van der Waals surface area (Å²) >= 11 is 0. The first-order valence-electron chi connectivity index (χ1n) is 9.09. The quantitative estimate of drug-likeness (QED) is 0.394. The number of aliphatic hydroxyl groups is 1. The third-order valence-electron chi connectivity index (χ3n) is 7.48. The van der Waals surface area contributed by atoms with Gasteiger partial charge in [0.05, 0.1) is 0 Å². The van der Waals surface area contributed by atoms with Crippen LogP contribution >= 0.6 is 0 Å². The second-order valence-electron chi connectivity index (χ2n) is 9.12. The number of alkyl halides is 5. The van der Waals surface area contributed by atoms with Crippen molar-refractivity contribution in [1.82, 2.24) is 0 Å². The fraction of sp³-hybridized carbons (Fsp3) is 0.889. The normalized spacial score (nSPS) is 55.7. The summed E-state index contributed by atoms with van der Waals surface area (Å²) < 4.78 is 81.4. The van der Waals surface area contributed by atoms with Crippen LogP contribution in [0.2, 0.25) is 0 Å². The maximum absolute atomic E-state index is 15.4. The number of ether oxygens (including phenoxy) is 2. The van der Waals surface area contributed by atoms with E-state index in [9.17, 15) is 18.3 Å². The summed E-state index contributed by atoms with van der Waals surface area (Å²) in [4.78, 5) is 0. The average molecular weight is 380 g/mol. The zero-order valence-electron chi connectivity index (χ0n) is 14.4. The molecule has 3 nitrogen and oxygen atoms in total. The molecular formula is C18H21F5O3. The molecule has 8 atom stereocenters. The minimum atomic E-state index is -5.64. The SMILES string of the molecule is CC1(C)OC2(CC3CC2C2C4C=CC(C4)C32)C(F)(F)C(O)(C(F)(F)F)O1. The van der Waals surface area contributed by atoms with Crippen molar-refractivity contribution in [3.63, 3.8) is 0 Å². The van der Waals surface area contributed by atoms with Crippen LogP contribution in [0.4, 0.5) is 22.0 Å². The van der Waals surface area contributed by atoms with Crippen molar-refractivity contribution in [2.24, 2.45) is 35.5 Å². The van der Waals surface area contributed by atoms with Gasteiger partial charge in [-0.05, 0) is 68.6 Å². The first-order chi connectivity index (χ1) is 11.8. The fourth-order valence-electron chi connectivity index (χ4n) is 6.98. The Labute approximate surface area is 147 Å². The third-order valence-corrected chi connectivity index (χ3v) is 7.48. The first kappa shape index (κ1) is 17.4. The average Bonchev–Trinajstić information content (AvgIpc) is 3.21. The maximum Gasteiger partial charge on any atom is 0.449 e. The molecule has 1 saturated heterocycles. The molecule has 1 N–H and O–H groups in total. The van der Waals surface area contributed by atoms with E-state index >= 15 is 8.78 Å². The topological polar surface area (TPSA) is 38.7 Å². The standard InChI is InChI=1S/C18H21F5O3/c1-14(2)25-15(16(19,20)17(24,26-14)18(21,22)23)7-10-6-11(15)13-9-4-3-8(5-9)12(10)13/h3-4,8-13,24H,5-7H2,1-2H3. The molecule has 26 heavy (non-hydrogen) atoms. The van der Waals surface area contributed by atoms with E-state index in [1.54, 1.807) is 0 Å². The van der Waals surface area contributed by atoms with E-state index in [0.29, 0.717) is 12.3 Å². The van der Waals surface area contributed by atoms with E-state index < -0.39 is 35.2 Å². The molecule has 4 fully saturated rings. The van der Waals surface area contributed by atoms with E-state index in [-0.39, 0.29) is 30.1 Å². The van der Waals surface area contributed by atoms with Gasteiger partial charge in [-0.15, -0.1) is 0 Å². The maximum atomic E-state index is 15.4. The highest BCUT2D eigenvalue weighted by Crippen LogP contribution is 2.74. The first-order valence-corrected chi connectivity index (χ1v) is 9.09. The van der Waals surface area contributed by atoms with Crippen LogP contribution in [-0.4, -0.2) is 34.4 Å². The number of fused-ring (bicyclic) bond motifs is 10. The Kier molecular flexibility index (Phi) is 2.98. The molecule has 146 valence electrons. The van der Waals surface area contributed by atoms with Gasteiger partial charge < -0.3 is 14.6 Å². The lowest BCUT2D eigenvalue weighted by atomic mass is 9.63. The van der Waals surface area contributed by atoms with Crippen LogP contribution in [-0.2, 0) is 9.47 Å². The summed E-state index contributed by atoms with van der Waals surface area (Å²) in [5, 5.41) is 10.1. The Bertz CT molecular complexity index is 689. The van der Waals surface area contributed by atoms with Crippen LogP contribution in [0.1, 0.15) is 33.1 Å². The monoisotopic (exact) mass is 380 g/mol. The van der Waals surface area contributed by atoms with Crippen LogP contribution in [0.3, 0.4) is 0 Å². The Balaban J connectivity index is 1.63. The summed E-state index contributed by atoms with van der Waals surface area (Å²) in [5.41, 5.74) is -2.36. The number of allylic oxidation sites excluding steroid dienone is 2. The summed E-state index contributed by atoms with van der Waals surface area (Å²) in [7, 11) is 0. The largest absolute Gasteiger partial charge is 0.449 e. The molecule has 5 rings (SSSR count). The van der Waals surface area contributed by atoms with E-state index in [4.69, 9.17) is 4.74 Å². The van der Waals surface area contributed by atoms with Gasteiger partial charge in [-0.1, -0.05) is 12.2 Å². The van der Waals surface area contributed by atoms with Gasteiger partial charge >= 0.3 is 17.9 Å². The molecule has 0 aromatic carbocycles. The zero-order chi connectivity index (χ0) is 18.9. The Hall–Kier alpha value is -0.730. The molecule has 0 aromatic heterocycles. The Morgan fingerprint density at radius 3 is 2.23 bits per heavy atom. The molecule has 4 bridgehead atoms. The van der Waals surface area contributed by atoms with E-state index in [0.717, 1.165) is 20.3 Å². The van der Waals surface area contributed by atoms with E-state index in [2.05, 4.69) is 10.8 Å². The number of halogens is 5. The molecular weight excluding hydrogens is 359 g/mol. The summed E-state index contributed by atoms with van der Waals surface area (Å²) in [6.45, 7) is 2.32. The lowest BCUT2D eigenvalue weighted by molar-refractivity contribution is -0.548. The van der Waals surface area contributed by atoms with Crippen molar-refractivity contribution >= 4 is 0 Å². The van der Waals surface area contributed by atoms with Crippen LogP contribution in [0.5, 0.6) is 0 Å². The number of hydrogen-bond acceptors (Lipinski definition) is 3. The van der Waals surface area contributed by atoms with Crippen molar-refractivity contribution in [1.29, 1.82) is 0 Å². The fourth-order valence-corrected chi connectivity index (χ4v) is 6.98. The van der Waals surface area contributed by atoms with Gasteiger partial charge in [-0.25, -0.2) is 0 Å². The van der Waals surface area contributed by atoms with Crippen molar-refractivity contribution in [3.05, 3.63) is 12.2 Å². The van der Waals surface area contributed by atoms with Gasteiger partial charge in [0, 0.05) is 0 Å². The lowest BCUT2D eigenvalue weighted by Crippen LogP contribution is -2.79. The number of rotatable bonds is 0. The van der Waals surface area contributed by atoms with Crippen LogP contribution in [0, 0.1) is 35.5 Å². The summed E-state index contributed by atoms with van der Waals surface area (Å²) in [6, 6.07) is 0. The van der Waals surface area contributed by atoms with Crippen LogP contribution in [0.25, 0.3) is 0 Å². The molecule has 8 unspecified atom stereocenters. The molecule has 8 heteroatoms. The Morgan fingerprint density at radius 2 is 1.62 bits per heavy atom. The minimum absolute atomic E-state index is 0.109. The molecule has 1 spiro atoms. The van der Waals surface area contributed by atoms with Crippen molar-refractivity contribution in [2.45, 2.75) is 62.4 Å². The highest BCUT2D eigenvalue weighted by Gasteiger charge is 2.87. The second kappa shape index (κ2) is 4.46. The molecule has 5 aliphatic rings. The third kappa shape index (κ3) is 1.71. The molecule has 0 amide bonds. The van der Waals surface area contributed by atoms with Gasteiger partial charge in [0.25, 0.3) is 0 Å². The molecule has 1 aliphatic heterocycles. The van der Waals surface area contributed by atoms with Crippen molar-refractivity contribution in [2.75, 3.05) is 0 Å². The van der Waals surface area contributed by atoms with Gasteiger partial charge in [0.2, 0.25) is 0 Å². The van der Waals surface area contributed by atoms with Gasteiger partial charge in [-0.3, -0.25) is 0 Å². The van der Waals surface area contributed by atoms with Crippen LogP contribution in [0.15, 0.2) is 12.2 Å². The van der Waals surface area contributed by atoms with Gasteiger partial charge in [-0.2, -0.15) is 22.0 Å². The minimum Gasteiger partial charge on any atom is -0.354 e. The predicted molar refractivity (Wildman–Crippen MR) is 78.9 cm³/mol. The molecule has 3 saturated carbocycles. The highest BCUT2D eigenvalue weighted by molar-refractivity contribution is 5.27. The van der Waals surface area contributed by atoms with Crippen LogP contribution < -0.4 is 0 Å².